The number of anilines is 2. The number of aryl methyl sites for hydroxylation is 1. The Labute approximate surface area is 179 Å². The Balaban J connectivity index is 1.46. The number of likely N-dealkylation sites (tertiary alicyclic amines) is 1. The molecule has 5 rings (SSSR count). The maximum atomic E-state index is 12.9. The van der Waals surface area contributed by atoms with Crippen LogP contribution in [0, 0.1) is 5.92 Å². The van der Waals surface area contributed by atoms with E-state index in [-0.39, 0.29) is 18.3 Å². The number of amides is 1. The van der Waals surface area contributed by atoms with Crippen LogP contribution in [-0.2, 0) is 17.9 Å². The summed E-state index contributed by atoms with van der Waals surface area (Å²) in [4.78, 5) is 34.0. The Kier molecular flexibility index (Phi) is 4.97. The van der Waals surface area contributed by atoms with Gasteiger partial charge in [0, 0.05) is 50.9 Å². The zero-order chi connectivity index (χ0) is 21.5. The molecule has 0 saturated carbocycles. The van der Waals surface area contributed by atoms with Crippen LogP contribution in [0.25, 0.3) is 5.65 Å². The van der Waals surface area contributed by atoms with Crippen LogP contribution in [0.5, 0.6) is 0 Å². The molecule has 0 radical (unpaired) electrons. The molecule has 0 aliphatic carbocycles. The van der Waals surface area contributed by atoms with Gasteiger partial charge in [-0.25, -0.2) is 9.78 Å². The van der Waals surface area contributed by atoms with Gasteiger partial charge in [0.2, 0.25) is 0 Å². The second-order valence-corrected chi connectivity index (χ2v) is 8.42. The molecule has 162 valence electrons. The van der Waals surface area contributed by atoms with Crippen LogP contribution in [0.15, 0.2) is 35.4 Å². The van der Waals surface area contributed by atoms with Crippen LogP contribution >= 0.6 is 0 Å². The van der Waals surface area contributed by atoms with Crippen molar-refractivity contribution in [3.8, 4) is 0 Å². The van der Waals surface area contributed by atoms with Crippen molar-refractivity contribution in [2.75, 3.05) is 31.6 Å². The fourth-order valence-electron chi connectivity index (χ4n) is 4.52. The monoisotopic (exact) mass is 422 g/mol. The van der Waals surface area contributed by atoms with Crippen molar-refractivity contribution in [2.24, 2.45) is 5.92 Å². The number of aromatic nitrogens is 4. The van der Waals surface area contributed by atoms with Gasteiger partial charge in [-0.1, -0.05) is 6.92 Å². The first-order chi connectivity index (χ1) is 15.0. The number of methoxy groups -OCH3 is 1. The van der Waals surface area contributed by atoms with E-state index in [0.29, 0.717) is 17.1 Å². The fraction of sp³-hybridized carbons (Fsp3) is 0.455. The van der Waals surface area contributed by atoms with Crippen molar-refractivity contribution in [3.05, 3.63) is 52.2 Å². The van der Waals surface area contributed by atoms with Gasteiger partial charge in [-0.15, -0.1) is 5.10 Å². The summed E-state index contributed by atoms with van der Waals surface area (Å²) < 4.78 is 7.83. The van der Waals surface area contributed by atoms with E-state index in [9.17, 15) is 9.59 Å². The zero-order valence-electron chi connectivity index (χ0n) is 17.8. The number of carbonyl (C=O) groups is 1. The molecular formula is C22H26N6O3. The maximum absolute atomic E-state index is 12.9. The van der Waals surface area contributed by atoms with E-state index in [1.54, 1.807) is 12.4 Å². The molecule has 0 spiro atoms. The molecule has 1 fully saturated rings. The Morgan fingerprint density at radius 1 is 1.29 bits per heavy atom. The molecule has 2 aliphatic heterocycles. The Morgan fingerprint density at radius 3 is 2.94 bits per heavy atom. The van der Waals surface area contributed by atoms with Crippen LogP contribution < -0.4 is 10.6 Å². The molecule has 0 bridgehead atoms. The van der Waals surface area contributed by atoms with Gasteiger partial charge in [0.15, 0.2) is 5.65 Å². The number of rotatable bonds is 4. The number of hydrogen-bond acceptors (Lipinski definition) is 6. The topological polar surface area (TPSA) is 85.0 Å². The lowest BCUT2D eigenvalue weighted by Gasteiger charge is -2.30. The molecule has 9 heteroatoms. The Morgan fingerprint density at radius 2 is 2.16 bits per heavy atom. The zero-order valence-corrected chi connectivity index (χ0v) is 17.8. The van der Waals surface area contributed by atoms with Crippen LogP contribution in [0.2, 0.25) is 0 Å². The standard InChI is InChI=1S/C22H26N6O3/c1-15-5-8-25(13-15)21(29)17-10-16-4-3-7-26(20(16)23-12-17)18-6-9-27-19(11-18)24-28(14-31-2)22(27)30/h6,9-12,15H,3-5,7-8,13-14H2,1-2H3/t15-/m0/s1. The molecule has 3 aromatic heterocycles. The SMILES string of the molecule is COCn1nc2cc(N3CCCc4cc(C(=O)N5CC[C@H](C)C5)cnc43)ccn2c1=O. The molecule has 2 aliphatic rings. The predicted octanol–water partition coefficient (Wildman–Crippen LogP) is 2.06. The molecule has 0 aromatic carbocycles. The third-order valence-electron chi connectivity index (χ3n) is 6.12. The van der Waals surface area contributed by atoms with E-state index >= 15 is 0 Å². The molecular weight excluding hydrogens is 396 g/mol. The Bertz CT molecular complexity index is 1200. The van der Waals surface area contributed by atoms with Gasteiger partial charge in [-0.05, 0) is 42.9 Å². The average molecular weight is 422 g/mol. The summed E-state index contributed by atoms with van der Waals surface area (Å²) >= 11 is 0. The average Bonchev–Trinajstić information content (AvgIpc) is 3.35. The van der Waals surface area contributed by atoms with Crippen molar-refractivity contribution in [2.45, 2.75) is 32.9 Å². The number of pyridine rings is 2. The highest BCUT2D eigenvalue weighted by Crippen LogP contribution is 2.32. The number of fused-ring (bicyclic) bond motifs is 2. The van der Waals surface area contributed by atoms with Gasteiger partial charge in [-0.3, -0.25) is 9.20 Å². The third-order valence-corrected chi connectivity index (χ3v) is 6.12. The summed E-state index contributed by atoms with van der Waals surface area (Å²) in [5.41, 5.74) is 2.98. The minimum atomic E-state index is -0.236. The first kappa shape index (κ1) is 19.7. The van der Waals surface area contributed by atoms with Gasteiger partial charge < -0.3 is 14.5 Å². The van der Waals surface area contributed by atoms with Crippen LogP contribution in [-0.4, -0.2) is 56.7 Å². The van der Waals surface area contributed by atoms with Crippen LogP contribution in [0.1, 0.15) is 35.7 Å². The minimum absolute atomic E-state index is 0.0706. The van der Waals surface area contributed by atoms with E-state index in [1.807, 2.05) is 23.1 Å². The third kappa shape index (κ3) is 3.48. The second kappa shape index (κ2) is 7.81. The molecule has 1 saturated heterocycles. The first-order valence-corrected chi connectivity index (χ1v) is 10.7. The predicted molar refractivity (Wildman–Crippen MR) is 116 cm³/mol. The number of hydrogen-bond donors (Lipinski definition) is 0. The molecule has 31 heavy (non-hydrogen) atoms. The molecule has 0 unspecified atom stereocenters. The van der Waals surface area contributed by atoms with Crippen molar-refractivity contribution < 1.29 is 9.53 Å². The lowest BCUT2D eigenvalue weighted by atomic mass is 10.0. The van der Waals surface area contributed by atoms with Crippen molar-refractivity contribution in [3.63, 3.8) is 0 Å². The normalized spacial score (nSPS) is 18.6. The van der Waals surface area contributed by atoms with Crippen LogP contribution in [0.3, 0.4) is 0 Å². The summed E-state index contributed by atoms with van der Waals surface area (Å²) in [6.45, 7) is 4.74. The quantitative estimate of drug-likeness (QED) is 0.640. The van der Waals surface area contributed by atoms with Crippen LogP contribution in [0.4, 0.5) is 11.5 Å². The highest BCUT2D eigenvalue weighted by atomic mass is 16.5. The summed E-state index contributed by atoms with van der Waals surface area (Å²) in [6, 6.07) is 5.78. The van der Waals surface area contributed by atoms with E-state index in [0.717, 1.165) is 56.0 Å². The first-order valence-electron chi connectivity index (χ1n) is 10.7. The van der Waals surface area contributed by atoms with Crippen molar-refractivity contribution in [1.29, 1.82) is 0 Å². The van der Waals surface area contributed by atoms with Gasteiger partial charge in [0.1, 0.15) is 12.5 Å². The summed E-state index contributed by atoms with van der Waals surface area (Å²) in [5, 5.41) is 4.35. The molecule has 1 atom stereocenters. The van der Waals surface area contributed by atoms with Crippen molar-refractivity contribution >= 4 is 23.1 Å². The number of nitrogens with zero attached hydrogens (tertiary/aromatic N) is 6. The van der Waals surface area contributed by atoms with E-state index in [4.69, 9.17) is 4.74 Å². The maximum Gasteiger partial charge on any atom is 0.352 e. The number of ether oxygens (including phenoxy) is 1. The molecule has 5 heterocycles. The van der Waals surface area contributed by atoms with Crippen molar-refractivity contribution in [1.82, 2.24) is 24.1 Å². The van der Waals surface area contributed by atoms with Gasteiger partial charge >= 0.3 is 5.69 Å². The minimum Gasteiger partial charge on any atom is -0.362 e. The molecule has 1 amide bonds. The van der Waals surface area contributed by atoms with E-state index in [2.05, 4.69) is 21.9 Å². The molecule has 3 aromatic rings. The number of carbonyl (C=O) groups excluding carboxylic acids is 1. The van der Waals surface area contributed by atoms with E-state index < -0.39 is 0 Å². The Hall–Kier alpha value is -3.20. The smallest absolute Gasteiger partial charge is 0.352 e. The largest absolute Gasteiger partial charge is 0.362 e. The second-order valence-electron chi connectivity index (χ2n) is 8.42. The van der Waals surface area contributed by atoms with Gasteiger partial charge in [0.25, 0.3) is 5.91 Å². The lowest BCUT2D eigenvalue weighted by molar-refractivity contribution is 0.0787. The summed E-state index contributed by atoms with van der Waals surface area (Å²) in [7, 11) is 1.53. The fourth-order valence-corrected chi connectivity index (χ4v) is 4.52. The molecule has 0 N–H and O–H groups in total. The lowest BCUT2D eigenvalue weighted by Crippen LogP contribution is -2.30. The summed E-state index contributed by atoms with van der Waals surface area (Å²) in [6.07, 6.45) is 6.33. The van der Waals surface area contributed by atoms with Gasteiger partial charge in [-0.2, -0.15) is 4.68 Å². The highest BCUT2D eigenvalue weighted by molar-refractivity contribution is 5.94. The van der Waals surface area contributed by atoms with E-state index in [1.165, 1.54) is 16.2 Å². The molecule has 9 nitrogen and oxygen atoms in total. The summed E-state index contributed by atoms with van der Waals surface area (Å²) in [5.74, 6) is 1.49. The highest BCUT2D eigenvalue weighted by Gasteiger charge is 2.27. The van der Waals surface area contributed by atoms with Gasteiger partial charge in [0.05, 0.1) is 5.56 Å².